The second-order valence-corrected chi connectivity index (χ2v) is 7.00. The number of nitrogens with one attached hydrogen (secondary N) is 2. The van der Waals surface area contributed by atoms with Crippen LogP contribution in [0.1, 0.15) is 48.4 Å². The van der Waals surface area contributed by atoms with Crippen LogP contribution in [0.25, 0.3) is 5.57 Å². The van der Waals surface area contributed by atoms with Crippen LogP contribution in [0.4, 0.5) is 0 Å². The van der Waals surface area contributed by atoms with Crippen molar-refractivity contribution in [3.05, 3.63) is 77.5 Å². The molecule has 1 aliphatic carbocycles. The molecule has 1 amide bonds. The number of benzene rings is 2. The highest BCUT2D eigenvalue weighted by molar-refractivity contribution is 6.20. The van der Waals surface area contributed by atoms with Crippen molar-refractivity contribution in [1.82, 2.24) is 10.6 Å². The molecule has 25 heavy (non-hydrogen) atoms. The summed E-state index contributed by atoms with van der Waals surface area (Å²) in [5, 5.41) is 6.57. The average Bonchev–Trinajstić information content (AvgIpc) is 3.20. The highest BCUT2D eigenvalue weighted by Gasteiger charge is 2.29. The molecule has 0 radical (unpaired) electrons. The van der Waals surface area contributed by atoms with E-state index in [-0.39, 0.29) is 11.9 Å². The van der Waals surface area contributed by atoms with Crippen LogP contribution in [0, 0.1) is 5.92 Å². The van der Waals surface area contributed by atoms with Crippen molar-refractivity contribution >= 4 is 11.5 Å². The van der Waals surface area contributed by atoms with Crippen LogP contribution in [0.15, 0.2) is 60.8 Å². The van der Waals surface area contributed by atoms with Crippen molar-refractivity contribution in [2.45, 2.75) is 38.3 Å². The number of carbonyl (C=O) groups excluding carboxylic acids is 1. The third-order valence-corrected chi connectivity index (χ3v) is 5.41. The number of amides is 1. The maximum absolute atomic E-state index is 13.1. The SMILES string of the molecule is O=C(N[C@H](c1ccccc1)C1CCCC1)C1=CNCc2ccccc21. The minimum atomic E-state index is 0.0143. The Morgan fingerprint density at radius 3 is 2.52 bits per heavy atom. The summed E-state index contributed by atoms with van der Waals surface area (Å²) in [6, 6.07) is 18.6. The van der Waals surface area contributed by atoms with E-state index in [1.165, 1.54) is 36.8 Å². The Hall–Kier alpha value is -2.55. The molecule has 0 unspecified atom stereocenters. The molecule has 0 bridgehead atoms. The van der Waals surface area contributed by atoms with E-state index in [1.807, 2.05) is 30.5 Å². The molecule has 0 aromatic heterocycles. The normalized spacial score (nSPS) is 18.0. The van der Waals surface area contributed by atoms with E-state index in [4.69, 9.17) is 0 Å². The molecule has 2 aromatic rings. The molecule has 1 heterocycles. The number of carbonyl (C=O) groups is 1. The van der Waals surface area contributed by atoms with E-state index < -0.39 is 0 Å². The molecule has 4 rings (SSSR count). The van der Waals surface area contributed by atoms with Gasteiger partial charge in [0, 0.05) is 12.7 Å². The molecule has 128 valence electrons. The van der Waals surface area contributed by atoms with Gasteiger partial charge in [-0.15, -0.1) is 0 Å². The zero-order valence-electron chi connectivity index (χ0n) is 14.4. The lowest BCUT2D eigenvalue weighted by Gasteiger charge is -2.27. The first-order chi connectivity index (χ1) is 12.3. The summed E-state index contributed by atoms with van der Waals surface area (Å²) in [5.41, 5.74) is 4.16. The molecule has 1 saturated carbocycles. The third-order valence-electron chi connectivity index (χ3n) is 5.41. The van der Waals surface area contributed by atoms with E-state index >= 15 is 0 Å². The molecule has 1 aliphatic heterocycles. The number of hydrogen-bond acceptors (Lipinski definition) is 2. The van der Waals surface area contributed by atoms with Crippen molar-refractivity contribution in [3.8, 4) is 0 Å². The first-order valence-corrected chi connectivity index (χ1v) is 9.20. The highest BCUT2D eigenvalue weighted by Crippen LogP contribution is 2.36. The fourth-order valence-corrected chi connectivity index (χ4v) is 4.11. The summed E-state index contributed by atoms with van der Waals surface area (Å²) in [7, 11) is 0. The monoisotopic (exact) mass is 332 g/mol. The van der Waals surface area contributed by atoms with Crippen LogP contribution >= 0.6 is 0 Å². The summed E-state index contributed by atoms with van der Waals surface area (Å²) in [6.07, 6.45) is 6.75. The summed E-state index contributed by atoms with van der Waals surface area (Å²) in [5.74, 6) is 0.541. The van der Waals surface area contributed by atoms with Gasteiger partial charge in [-0.25, -0.2) is 0 Å². The number of hydrogen-bond donors (Lipinski definition) is 2. The van der Waals surface area contributed by atoms with Crippen molar-refractivity contribution in [1.29, 1.82) is 0 Å². The zero-order chi connectivity index (χ0) is 17.1. The third kappa shape index (κ3) is 3.32. The molecule has 0 saturated heterocycles. The second kappa shape index (κ2) is 7.14. The van der Waals surface area contributed by atoms with Crippen molar-refractivity contribution in [2.75, 3.05) is 0 Å². The van der Waals surface area contributed by atoms with Gasteiger partial charge in [-0.2, -0.15) is 0 Å². The molecule has 2 aliphatic rings. The van der Waals surface area contributed by atoms with Gasteiger partial charge in [0.1, 0.15) is 0 Å². The van der Waals surface area contributed by atoms with Gasteiger partial charge in [-0.1, -0.05) is 67.4 Å². The lowest BCUT2D eigenvalue weighted by molar-refractivity contribution is -0.116. The van der Waals surface area contributed by atoms with E-state index in [0.29, 0.717) is 5.92 Å². The predicted molar refractivity (Wildman–Crippen MR) is 101 cm³/mol. The Labute approximate surface area is 149 Å². The maximum Gasteiger partial charge on any atom is 0.253 e. The molecule has 3 nitrogen and oxygen atoms in total. The van der Waals surface area contributed by atoms with Gasteiger partial charge < -0.3 is 10.6 Å². The lowest BCUT2D eigenvalue weighted by atomic mass is 9.90. The molecule has 2 N–H and O–H groups in total. The molecular formula is C22H24N2O. The Balaban J connectivity index is 1.60. The Morgan fingerprint density at radius 2 is 1.72 bits per heavy atom. The van der Waals surface area contributed by atoms with Crippen LogP contribution in [0.2, 0.25) is 0 Å². The van der Waals surface area contributed by atoms with Gasteiger partial charge in [0.25, 0.3) is 5.91 Å². The molecule has 1 fully saturated rings. The predicted octanol–water partition coefficient (Wildman–Crippen LogP) is 4.18. The minimum Gasteiger partial charge on any atom is -0.386 e. The van der Waals surface area contributed by atoms with E-state index in [0.717, 1.165) is 17.7 Å². The lowest BCUT2D eigenvalue weighted by Crippen LogP contribution is -2.34. The van der Waals surface area contributed by atoms with Gasteiger partial charge in [0.2, 0.25) is 0 Å². The first kappa shape index (κ1) is 15.9. The van der Waals surface area contributed by atoms with E-state index in [9.17, 15) is 4.79 Å². The topological polar surface area (TPSA) is 41.1 Å². The molecule has 0 spiro atoms. The smallest absolute Gasteiger partial charge is 0.253 e. The van der Waals surface area contributed by atoms with E-state index in [1.54, 1.807) is 0 Å². The van der Waals surface area contributed by atoms with Crippen LogP contribution < -0.4 is 10.6 Å². The van der Waals surface area contributed by atoms with E-state index in [2.05, 4.69) is 41.0 Å². The fraction of sp³-hybridized carbons (Fsp3) is 0.318. The van der Waals surface area contributed by atoms with Crippen LogP contribution in [-0.4, -0.2) is 5.91 Å². The number of fused-ring (bicyclic) bond motifs is 1. The summed E-state index contributed by atoms with van der Waals surface area (Å²) in [4.78, 5) is 13.1. The standard InChI is InChI=1S/C22H24N2O/c25-22(20-15-23-14-18-12-6-7-13-19(18)20)24-21(17-10-4-5-11-17)16-8-2-1-3-9-16/h1-3,6-9,12-13,15,17,21,23H,4-5,10-11,14H2,(H,24,25)/t21-/m1/s1. The van der Waals surface area contributed by atoms with Gasteiger partial charge in [-0.3, -0.25) is 4.79 Å². The molecule has 2 aromatic carbocycles. The summed E-state index contributed by atoms with van der Waals surface area (Å²) in [6.45, 7) is 0.775. The van der Waals surface area contributed by atoms with Crippen LogP contribution in [0.3, 0.4) is 0 Å². The minimum absolute atomic E-state index is 0.0143. The van der Waals surface area contributed by atoms with Gasteiger partial charge >= 0.3 is 0 Å². The Bertz CT molecular complexity index is 776. The molecular weight excluding hydrogens is 308 g/mol. The zero-order valence-corrected chi connectivity index (χ0v) is 14.4. The van der Waals surface area contributed by atoms with Crippen LogP contribution in [0.5, 0.6) is 0 Å². The molecule has 1 atom stereocenters. The van der Waals surface area contributed by atoms with Crippen molar-refractivity contribution < 1.29 is 4.79 Å². The largest absolute Gasteiger partial charge is 0.386 e. The highest BCUT2D eigenvalue weighted by atomic mass is 16.1. The quantitative estimate of drug-likeness (QED) is 0.882. The van der Waals surface area contributed by atoms with Crippen molar-refractivity contribution in [3.63, 3.8) is 0 Å². The number of rotatable bonds is 4. The second-order valence-electron chi connectivity index (χ2n) is 7.00. The first-order valence-electron chi connectivity index (χ1n) is 9.20. The average molecular weight is 332 g/mol. The van der Waals surface area contributed by atoms with Gasteiger partial charge in [0.05, 0.1) is 11.6 Å². The maximum atomic E-state index is 13.1. The fourth-order valence-electron chi connectivity index (χ4n) is 4.11. The van der Waals surface area contributed by atoms with Gasteiger partial charge in [-0.05, 0) is 35.4 Å². The van der Waals surface area contributed by atoms with Gasteiger partial charge in [0.15, 0.2) is 0 Å². The summed E-state index contributed by atoms with van der Waals surface area (Å²) >= 11 is 0. The Morgan fingerprint density at radius 1 is 1.00 bits per heavy atom. The van der Waals surface area contributed by atoms with Crippen LogP contribution in [-0.2, 0) is 11.3 Å². The Kier molecular flexibility index (Phi) is 4.55. The summed E-state index contributed by atoms with van der Waals surface area (Å²) < 4.78 is 0. The van der Waals surface area contributed by atoms with Crippen molar-refractivity contribution in [2.24, 2.45) is 5.92 Å². The molecule has 3 heteroatoms.